The summed E-state index contributed by atoms with van der Waals surface area (Å²) in [5, 5.41) is 17.4. The van der Waals surface area contributed by atoms with Crippen molar-refractivity contribution in [3.8, 4) is 0 Å². The molecule has 58 heavy (non-hydrogen) atoms. The van der Waals surface area contributed by atoms with Gasteiger partial charge in [-0.1, -0.05) is 91.0 Å². The summed E-state index contributed by atoms with van der Waals surface area (Å²) in [6.07, 6.45) is 3.56. The Morgan fingerprint density at radius 3 is 1.53 bits per heavy atom. The number of anilines is 2. The van der Waals surface area contributed by atoms with E-state index in [2.05, 4.69) is 4.72 Å². The number of nitrogens with two attached hydrogens (primary N) is 2. The van der Waals surface area contributed by atoms with Gasteiger partial charge in [-0.3, -0.25) is 15.5 Å². The Morgan fingerprint density at radius 2 is 1.03 bits per heavy atom. The Bertz CT molecular complexity index is 2940. The molecule has 300 valence electrons. The third-order valence-electron chi connectivity index (χ3n) is 8.60. The summed E-state index contributed by atoms with van der Waals surface area (Å²) < 4.78 is 86.8. The van der Waals surface area contributed by atoms with E-state index in [1.165, 1.54) is 53.1 Å². The lowest BCUT2D eigenvalue weighted by Crippen LogP contribution is -2.37. The van der Waals surface area contributed by atoms with Gasteiger partial charge in [-0.25, -0.2) is 8.42 Å². The van der Waals surface area contributed by atoms with Crippen LogP contribution in [-0.2, 0) is 30.1 Å². The van der Waals surface area contributed by atoms with Gasteiger partial charge in [0.2, 0.25) is 0 Å². The molecule has 7 N–H and O–H groups in total. The lowest BCUT2D eigenvalue weighted by molar-refractivity contribution is 0.584. The van der Waals surface area contributed by atoms with E-state index in [4.69, 9.17) is 22.3 Å². The number of thioether (sulfide) groups is 2. The summed E-state index contributed by atoms with van der Waals surface area (Å²) in [6, 6.07) is 33.1. The quantitative estimate of drug-likeness (QED) is 0.0447. The minimum absolute atomic E-state index is 0.0661. The summed E-state index contributed by atoms with van der Waals surface area (Å²) in [6.45, 7) is 1.75. The molecule has 12 nitrogen and oxygen atoms in total. The number of hydrogen-bond acceptors (Lipinski definition) is 12. The van der Waals surface area contributed by atoms with E-state index in [-0.39, 0.29) is 36.9 Å². The number of nitrogen functional groups attached to an aromatic ring is 2. The first-order valence-electron chi connectivity index (χ1n) is 16.9. The van der Waals surface area contributed by atoms with Crippen molar-refractivity contribution in [3.63, 3.8) is 0 Å². The molecule has 7 aromatic rings. The molecular formula is C39H36N6O6S7. The molecule has 7 rings (SSSR count). The van der Waals surface area contributed by atoms with Crippen molar-refractivity contribution < 1.29 is 25.3 Å². The maximum Gasteiger partial charge on any atom is 0.278 e. The number of nitrogens with one attached hydrogen (secondary N) is 3. The van der Waals surface area contributed by atoms with E-state index in [1.807, 2.05) is 6.26 Å². The molecule has 0 spiro atoms. The highest BCUT2D eigenvalue weighted by Gasteiger charge is 2.41. The molecule has 0 bridgehead atoms. The zero-order valence-corrected chi connectivity index (χ0v) is 36.7. The van der Waals surface area contributed by atoms with Crippen molar-refractivity contribution in [2.24, 2.45) is 11.5 Å². The normalized spacial score (nSPS) is 11.8. The number of sulfonamides is 3. The predicted molar refractivity (Wildman–Crippen MR) is 241 cm³/mol. The maximum atomic E-state index is 14.4. The average molecular weight is 909 g/mol. The molecule has 0 aliphatic carbocycles. The van der Waals surface area contributed by atoms with Crippen molar-refractivity contribution in [3.05, 3.63) is 137 Å². The van der Waals surface area contributed by atoms with E-state index in [9.17, 15) is 25.3 Å². The van der Waals surface area contributed by atoms with Gasteiger partial charge in [-0.05, 0) is 66.1 Å². The molecule has 0 aliphatic heterocycles. The Balaban J connectivity index is 0.000000229. The topological polar surface area (TPSA) is 217 Å². The lowest BCUT2D eigenvalue weighted by Gasteiger charge is -2.25. The highest BCUT2D eigenvalue weighted by Crippen LogP contribution is 2.44. The van der Waals surface area contributed by atoms with Crippen molar-refractivity contribution >= 4 is 121 Å². The second kappa shape index (κ2) is 17.1. The van der Waals surface area contributed by atoms with Crippen molar-refractivity contribution in [2.45, 2.75) is 30.0 Å². The van der Waals surface area contributed by atoms with E-state index in [0.29, 0.717) is 45.6 Å². The highest BCUT2D eigenvalue weighted by molar-refractivity contribution is 8.10. The first kappa shape index (κ1) is 42.7. The van der Waals surface area contributed by atoms with Crippen LogP contribution in [0.5, 0.6) is 0 Å². The minimum Gasteiger partial charge on any atom is -0.383 e. The minimum atomic E-state index is -4.67. The maximum absolute atomic E-state index is 14.4. The zero-order valence-electron chi connectivity index (χ0n) is 31.0. The van der Waals surface area contributed by atoms with Crippen LogP contribution in [0.4, 0.5) is 11.4 Å². The molecular weight excluding hydrogens is 873 g/mol. The predicted octanol–water partition coefficient (Wildman–Crippen LogP) is 8.51. The van der Waals surface area contributed by atoms with E-state index >= 15 is 0 Å². The second-order valence-electron chi connectivity index (χ2n) is 12.4. The molecule has 0 saturated heterocycles. The van der Waals surface area contributed by atoms with E-state index in [0.717, 1.165) is 15.5 Å². The molecule has 0 radical (unpaired) electrons. The molecule has 0 amide bonds. The van der Waals surface area contributed by atoms with Crippen molar-refractivity contribution in [1.29, 1.82) is 10.8 Å². The fourth-order valence-electron chi connectivity index (χ4n) is 5.97. The van der Waals surface area contributed by atoms with Gasteiger partial charge < -0.3 is 11.5 Å². The monoisotopic (exact) mass is 908 g/mol. The van der Waals surface area contributed by atoms with Gasteiger partial charge in [-0.15, -0.1) is 46.2 Å². The van der Waals surface area contributed by atoms with Gasteiger partial charge in [0.1, 0.15) is 11.7 Å². The van der Waals surface area contributed by atoms with Gasteiger partial charge in [-0.2, -0.15) is 20.5 Å². The number of hydrogen-bond donors (Lipinski definition) is 5. The summed E-state index contributed by atoms with van der Waals surface area (Å²) in [4.78, 5) is 0.772. The fourth-order valence-corrected chi connectivity index (χ4v) is 15.1. The SMILES string of the molecule is CSc1sc(C(=N)N)cc1N(S(=O)(=O)c1cccc2ccccc12)S(=O)(=O)c1cccc2ccccc12.CSc1sc(C(=N)N)cc1NS(=O)(=O)c1ccccc1C. The molecule has 0 aliphatic rings. The first-order chi connectivity index (χ1) is 27.5. The number of fused-ring (bicyclic) bond motifs is 2. The van der Waals surface area contributed by atoms with Crippen LogP contribution < -0.4 is 19.9 Å². The van der Waals surface area contributed by atoms with Crippen molar-refractivity contribution in [1.82, 2.24) is 0 Å². The molecule has 19 heteroatoms. The van der Waals surface area contributed by atoms with Crippen LogP contribution in [0.2, 0.25) is 0 Å². The summed E-state index contributed by atoms with van der Waals surface area (Å²) in [7, 11) is -13.0. The van der Waals surface area contributed by atoms with Crippen molar-refractivity contribution in [2.75, 3.05) is 20.9 Å². The Kier molecular flexibility index (Phi) is 12.6. The number of nitrogens with zero attached hydrogens (tertiary/aromatic N) is 1. The summed E-state index contributed by atoms with van der Waals surface area (Å²) in [5.74, 6) is -0.353. The van der Waals surface area contributed by atoms with Crippen LogP contribution >= 0.6 is 46.2 Å². The number of amidine groups is 2. The lowest BCUT2D eigenvalue weighted by atomic mass is 10.1. The number of rotatable bonds is 12. The van der Waals surface area contributed by atoms with Crippen LogP contribution in [0.25, 0.3) is 21.5 Å². The Hall–Kier alpha value is -4.89. The molecule has 0 fully saturated rings. The van der Waals surface area contributed by atoms with Gasteiger partial charge >= 0.3 is 0 Å². The molecule has 2 aromatic heterocycles. The molecule has 2 heterocycles. The van der Waals surface area contributed by atoms with Gasteiger partial charge in [0.05, 0.1) is 44.2 Å². The number of aryl methyl sites for hydroxylation is 1. The molecule has 0 unspecified atom stereocenters. The second-order valence-corrected chi connectivity index (χ2v) is 22.0. The van der Waals surface area contributed by atoms with E-state index < -0.39 is 30.1 Å². The molecule has 0 atom stereocenters. The third-order valence-corrected chi connectivity index (χ3v) is 19.0. The van der Waals surface area contributed by atoms with Crippen LogP contribution in [-0.4, -0.2) is 49.4 Å². The summed E-state index contributed by atoms with van der Waals surface area (Å²) in [5.41, 5.74) is 12.2. The van der Waals surface area contributed by atoms with Crippen LogP contribution in [0.15, 0.2) is 144 Å². The smallest absolute Gasteiger partial charge is 0.278 e. The van der Waals surface area contributed by atoms with Gasteiger partial charge in [0.15, 0.2) is 0 Å². The van der Waals surface area contributed by atoms with Gasteiger partial charge in [0.25, 0.3) is 30.1 Å². The van der Waals surface area contributed by atoms with Crippen LogP contribution in [0, 0.1) is 17.7 Å². The number of thiophene rings is 2. The average Bonchev–Trinajstić information content (AvgIpc) is 3.81. The highest BCUT2D eigenvalue weighted by atomic mass is 32.3. The Labute approximate surface area is 353 Å². The largest absolute Gasteiger partial charge is 0.383 e. The standard InChI is InChI=1S/C26H21N3O4S4.C13H15N3O2S3/c1-34-26-21(16-22(35-26)25(27)28)29(36(30,31)23-14-6-10-17-8-2-4-12-19(17)23)37(32,33)24-15-7-11-18-9-3-5-13-20(18)24;1-8-5-3-4-6-11(8)21(17,18)16-9-7-10(12(14)15)20-13(9)19-2/h2-16H,1H3,(H3,27,28);3-7,16H,1-2H3,(H3,14,15). The third kappa shape index (κ3) is 8.47. The van der Waals surface area contributed by atoms with Crippen LogP contribution in [0.1, 0.15) is 15.3 Å². The van der Waals surface area contributed by atoms with Crippen LogP contribution in [0.3, 0.4) is 0 Å². The van der Waals surface area contributed by atoms with Gasteiger partial charge in [0, 0.05) is 10.8 Å². The summed E-state index contributed by atoms with van der Waals surface area (Å²) >= 11 is 4.96. The Morgan fingerprint density at radius 1 is 0.603 bits per heavy atom. The fraction of sp³-hybridized carbons (Fsp3) is 0.0769. The van der Waals surface area contributed by atoms with E-state index in [1.54, 1.807) is 116 Å². The molecule has 0 saturated carbocycles. The zero-order chi connectivity index (χ0) is 42.0. The molecule has 5 aromatic carbocycles. The number of benzene rings is 5. The first-order valence-corrected chi connectivity index (χ1v) is 25.3.